The molecule has 0 unspecified atom stereocenters. The van der Waals surface area contributed by atoms with Crippen molar-refractivity contribution in [2.75, 3.05) is 13.6 Å². The van der Waals surface area contributed by atoms with E-state index in [4.69, 9.17) is 5.73 Å². The molecule has 74 valence electrons. The predicted octanol–water partition coefficient (Wildman–Crippen LogP) is 0.273. The van der Waals surface area contributed by atoms with Crippen LogP contribution in [0, 0.1) is 37.5 Å². The summed E-state index contributed by atoms with van der Waals surface area (Å²) in [6.45, 7) is 5.75. The van der Waals surface area contributed by atoms with Crippen LogP contribution >= 0.6 is 0 Å². The molecule has 0 aromatic rings. The Bertz CT molecular complexity index is 171. The van der Waals surface area contributed by atoms with Gasteiger partial charge in [0.25, 0.3) is 0 Å². The predicted molar refractivity (Wildman–Crippen MR) is 50.6 cm³/mol. The monoisotopic (exact) mass is 407 g/mol. The van der Waals surface area contributed by atoms with E-state index in [2.05, 4.69) is 11.9 Å². The maximum atomic E-state index is 10.8. The number of rotatable bonds is 6. The number of ketones is 1. The van der Waals surface area contributed by atoms with Gasteiger partial charge < -0.3 is 15.8 Å². The van der Waals surface area contributed by atoms with Gasteiger partial charge in [0.1, 0.15) is 5.78 Å². The SMILES string of the molecule is C=C([CH-][C@@H](CC(C)=O)NC)CN.[U]. The van der Waals surface area contributed by atoms with Crippen LogP contribution in [0.1, 0.15) is 13.3 Å². The Balaban J connectivity index is 0. The first-order valence-electron chi connectivity index (χ1n) is 3.99. The third-order valence-corrected chi connectivity index (χ3v) is 1.58. The average molecular weight is 407 g/mol. The molecule has 0 bridgehead atoms. The van der Waals surface area contributed by atoms with Crippen LogP contribution in [-0.2, 0) is 4.79 Å². The molecule has 0 aliphatic heterocycles. The standard InChI is InChI=1S/C9H17N2O.U/c1-7(6-10)4-9(11-3)5-8(2)12;/h4,9,11H,1,5-6,10H2,2-3H3;/q-1;/t9-;/m0./s1. The first-order valence-corrected chi connectivity index (χ1v) is 3.99. The van der Waals surface area contributed by atoms with Crippen LogP contribution in [0.5, 0.6) is 0 Å². The summed E-state index contributed by atoms with van der Waals surface area (Å²) in [7, 11) is 1.81. The Morgan fingerprint density at radius 3 is 2.54 bits per heavy atom. The van der Waals surface area contributed by atoms with Gasteiger partial charge in [-0.2, -0.15) is 0 Å². The van der Waals surface area contributed by atoms with Gasteiger partial charge in [-0.3, -0.25) is 0 Å². The Morgan fingerprint density at radius 2 is 2.23 bits per heavy atom. The van der Waals surface area contributed by atoms with Crippen LogP contribution in [0.2, 0.25) is 0 Å². The van der Waals surface area contributed by atoms with Gasteiger partial charge in [0.2, 0.25) is 0 Å². The minimum Gasteiger partial charge on any atom is -0.329 e. The van der Waals surface area contributed by atoms with E-state index in [-0.39, 0.29) is 42.9 Å². The number of carbonyl (C=O) groups is 1. The molecular weight excluding hydrogens is 390 g/mol. The molecule has 3 nitrogen and oxygen atoms in total. The molecular formula is C9H17N2OU-. The Kier molecular flexibility index (Phi) is 10.7. The smallest absolute Gasteiger partial charge is 0.130 e. The number of hydrogen-bond acceptors (Lipinski definition) is 3. The molecule has 0 aliphatic carbocycles. The summed E-state index contributed by atoms with van der Waals surface area (Å²) < 4.78 is 0. The van der Waals surface area contributed by atoms with E-state index < -0.39 is 0 Å². The topological polar surface area (TPSA) is 55.1 Å². The zero-order valence-electron chi connectivity index (χ0n) is 8.26. The van der Waals surface area contributed by atoms with Crippen molar-refractivity contribution >= 4 is 5.78 Å². The summed E-state index contributed by atoms with van der Waals surface area (Å²) in [6, 6.07) is 0.0681. The van der Waals surface area contributed by atoms with E-state index in [1.54, 1.807) is 6.92 Å². The molecule has 0 aromatic heterocycles. The van der Waals surface area contributed by atoms with E-state index in [1.807, 2.05) is 13.5 Å². The van der Waals surface area contributed by atoms with Crippen molar-refractivity contribution in [1.29, 1.82) is 0 Å². The van der Waals surface area contributed by atoms with Crippen molar-refractivity contribution in [2.45, 2.75) is 19.4 Å². The molecule has 1 atom stereocenters. The molecule has 4 heteroatoms. The first-order chi connectivity index (χ1) is 5.60. The number of Topliss-reactive ketones (excluding diaryl/α,β-unsaturated/α-hetero) is 1. The summed E-state index contributed by atoms with van der Waals surface area (Å²) >= 11 is 0. The molecule has 0 radical (unpaired) electrons. The summed E-state index contributed by atoms with van der Waals surface area (Å²) in [6.07, 6.45) is 2.39. The van der Waals surface area contributed by atoms with Crippen LogP contribution in [0.3, 0.4) is 0 Å². The number of nitrogens with two attached hydrogens (primary N) is 1. The maximum absolute atomic E-state index is 10.8. The first kappa shape index (κ1) is 15.7. The van der Waals surface area contributed by atoms with Gasteiger partial charge in [0.15, 0.2) is 0 Å². The molecule has 0 fully saturated rings. The quantitative estimate of drug-likeness (QED) is 0.622. The van der Waals surface area contributed by atoms with Crippen LogP contribution in [0.25, 0.3) is 0 Å². The van der Waals surface area contributed by atoms with Gasteiger partial charge >= 0.3 is 0 Å². The van der Waals surface area contributed by atoms with E-state index in [1.165, 1.54) is 0 Å². The van der Waals surface area contributed by atoms with Crippen molar-refractivity contribution in [3.05, 3.63) is 18.6 Å². The number of nitrogens with one attached hydrogen (secondary N) is 1. The zero-order valence-corrected chi connectivity index (χ0v) is 12.4. The van der Waals surface area contributed by atoms with Gasteiger partial charge in [-0.15, -0.1) is 0 Å². The molecule has 0 heterocycles. The van der Waals surface area contributed by atoms with Crippen LogP contribution in [0.4, 0.5) is 0 Å². The van der Waals surface area contributed by atoms with E-state index >= 15 is 0 Å². The van der Waals surface area contributed by atoms with Crippen molar-refractivity contribution in [2.24, 2.45) is 5.73 Å². The minimum atomic E-state index is 0. The zero-order chi connectivity index (χ0) is 9.56. The fourth-order valence-corrected chi connectivity index (χ4v) is 0.907. The van der Waals surface area contributed by atoms with Gasteiger partial charge in [0, 0.05) is 37.5 Å². The third kappa shape index (κ3) is 8.58. The molecule has 0 saturated carbocycles. The molecule has 0 aliphatic rings. The van der Waals surface area contributed by atoms with Crippen molar-refractivity contribution in [3.63, 3.8) is 0 Å². The molecule has 0 rings (SSSR count). The average Bonchev–Trinajstić information content (AvgIpc) is 2.02. The Labute approximate surface area is 104 Å². The van der Waals surface area contributed by atoms with E-state index in [9.17, 15) is 4.79 Å². The number of carbonyl (C=O) groups excluding carboxylic acids is 1. The Morgan fingerprint density at radius 1 is 1.69 bits per heavy atom. The third-order valence-electron chi connectivity index (χ3n) is 1.58. The van der Waals surface area contributed by atoms with Crippen LogP contribution in [-0.4, -0.2) is 25.4 Å². The van der Waals surface area contributed by atoms with Gasteiger partial charge in [-0.1, -0.05) is 0 Å². The molecule has 0 amide bonds. The van der Waals surface area contributed by atoms with Crippen LogP contribution < -0.4 is 11.1 Å². The molecule has 0 spiro atoms. The van der Waals surface area contributed by atoms with E-state index in [0.717, 1.165) is 5.57 Å². The minimum absolute atomic E-state index is 0. The summed E-state index contributed by atoms with van der Waals surface area (Å²) in [5.74, 6) is 0.162. The normalized spacial score (nSPS) is 11.3. The summed E-state index contributed by atoms with van der Waals surface area (Å²) in [5.41, 5.74) is 6.22. The summed E-state index contributed by atoms with van der Waals surface area (Å²) in [5, 5.41) is 3.01. The second-order valence-electron chi connectivity index (χ2n) is 2.83. The Hall–Kier alpha value is 0.252. The van der Waals surface area contributed by atoms with Gasteiger partial charge in [-0.25, -0.2) is 18.6 Å². The molecule has 13 heavy (non-hydrogen) atoms. The maximum Gasteiger partial charge on any atom is 0.130 e. The number of hydrogen-bond donors (Lipinski definition) is 2. The van der Waals surface area contributed by atoms with Crippen molar-refractivity contribution < 1.29 is 35.9 Å². The second kappa shape index (κ2) is 8.83. The van der Waals surface area contributed by atoms with Gasteiger partial charge in [-0.05, 0) is 26.6 Å². The van der Waals surface area contributed by atoms with Crippen molar-refractivity contribution in [3.8, 4) is 0 Å². The fourth-order valence-electron chi connectivity index (χ4n) is 0.907. The second-order valence-corrected chi connectivity index (χ2v) is 2.83. The molecule has 0 saturated heterocycles. The van der Waals surface area contributed by atoms with Crippen LogP contribution in [0.15, 0.2) is 12.2 Å². The summed E-state index contributed by atoms with van der Waals surface area (Å²) in [4.78, 5) is 10.8. The largest absolute Gasteiger partial charge is 0.329 e. The molecule has 3 N–H and O–H groups in total. The molecule has 0 aromatic carbocycles. The van der Waals surface area contributed by atoms with Gasteiger partial charge in [0.05, 0.1) is 0 Å². The van der Waals surface area contributed by atoms with E-state index in [0.29, 0.717) is 13.0 Å². The fraction of sp³-hybridized carbons (Fsp3) is 0.556. The van der Waals surface area contributed by atoms with Crippen molar-refractivity contribution in [1.82, 2.24) is 5.32 Å².